The summed E-state index contributed by atoms with van der Waals surface area (Å²) in [6.45, 7) is 4.19. The van der Waals surface area contributed by atoms with Gasteiger partial charge in [0.2, 0.25) is 0 Å². The van der Waals surface area contributed by atoms with Gasteiger partial charge in [-0.3, -0.25) is 4.79 Å². The zero-order valence-corrected chi connectivity index (χ0v) is 6.29. The molecule has 10 heavy (non-hydrogen) atoms. The molecule has 58 valence electrons. The van der Waals surface area contributed by atoms with Crippen molar-refractivity contribution in [1.29, 1.82) is 0 Å². The zero-order valence-electron chi connectivity index (χ0n) is 6.29. The van der Waals surface area contributed by atoms with Gasteiger partial charge in [0.15, 0.2) is 0 Å². The van der Waals surface area contributed by atoms with Crippen LogP contribution in [0.5, 0.6) is 0 Å². The van der Waals surface area contributed by atoms with Gasteiger partial charge in [0.1, 0.15) is 6.04 Å². The minimum Gasteiger partial charge on any atom is -0.480 e. The minimum atomic E-state index is -0.725. The van der Waals surface area contributed by atoms with Crippen molar-refractivity contribution in [2.75, 3.05) is 0 Å². The van der Waals surface area contributed by atoms with E-state index in [1.807, 2.05) is 0 Å². The van der Waals surface area contributed by atoms with Crippen LogP contribution in [0.15, 0.2) is 0 Å². The van der Waals surface area contributed by atoms with Crippen molar-refractivity contribution >= 4 is 5.97 Å². The highest BCUT2D eigenvalue weighted by Gasteiger charge is 2.34. The third-order valence-corrected chi connectivity index (χ3v) is 2.01. The standard InChI is InChI=1S/C7H13NO2/c1-4(2)5-3-6(8-5)7(9)10/h4-6,8H,3H2,1-2H3,(H,9,10). The Labute approximate surface area is 60.4 Å². The molecule has 0 spiro atoms. The summed E-state index contributed by atoms with van der Waals surface area (Å²) in [5.41, 5.74) is 0. The highest BCUT2D eigenvalue weighted by molar-refractivity contribution is 5.74. The Kier molecular flexibility index (Phi) is 1.94. The van der Waals surface area contributed by atoms with Crippen LogP contribution in [-0.2, 0) is 4.79 Å². The van der Waals surface area contributed by atoms with E-state index in [2.05, 4.69) is 19.2 Å². The second-order valence-electron chi connectivity index (χ2n) is 3.14. The molecule has 1 saturated heterocycles. The lowest BCUT2D eigenvalue weighted by Crippen LogP contribution is -2.58. The average Bonchev–Trinajstić information content (AvgIpc) is 1.56. The smallest absolute Gasteiger partial charge is 0.320 e. The molecule has 0 radical (unpaired) electrons. The fourth-order valence-corrected chi connectivity index (χ4v) is 1.12. The number of rotatable bonds is 2. The molecule has 2 unspecified atom stereocenters. The van der Waals surface area contributed by atoms with Crippen LogP contribution in [0.4, 0.5) is 0 Å². The average molecular weight is 143 g/mol. The summed E-state index contributed by atoms with van der Waals surface area (Å²) in [7, 11) is 0. The Morgan fingerprint density at radius 2 is 2.20 bits per heavy atom. The van der Waals surface area contributed by atoms with Crippen molar-refractivity contribution < 1.29 is 9.90 Å². The normalized spacial score (nSPS) is 31.9. The lowest BCUT2D eigenvalue weighted by molar-refractivity contribution is -0.142. The molecule has 1 heterocycles. The van der Waals surface area contributed by atoms with Crippen molar-refractivity contribution in [3.8, 4) is 0 Å². The van der Waals surface area contributed by atoms with Gasteiger partial charge in [-0.15, -0.1) is 0 Å². The van der Waals surface area contributed by atoms with Crippen LogP contribution in [0.1, 0.15) is 20.3 Å². The van der Waals surface area contributed by atoms with Gasteiger partial charge in [-0.05, 0) is 12.3 Å². The molecule has 0 aromatic heterocycles. The fraction of sp³-hybridized carbons (Fsp3) is 0.857. The van der Waals surface area contributed by atoms with Gasteiger partial charge < -0.3 is 10.4 Å². The third kappa shape index (κ3) is 1.29. The van der Waals surface area contributed by atoms with E-state index in [9.17, 15) is 4.79 Å². The number of carboxylic acids is 1. The Hall–Kier alpha value is -0.570. The second kappa shape index (κ2) is 2.58. The largest absolute Gasteiger partial charge is 0.480 e. The molecule has 1 fully saturated rings. The number of carbonyl (C=O) groups is 1. The summed E-state index contributed by atoms with van der Waals surface area (Å²) in [6, 6.07) is 0.133. The lowest BCUT2D eigenvalue weighted by atomic mass is 9.88. The molecule has 3 heteroatoms. The van der Waals surface area contributed by atoms with Gasteiger partial charge in [-0.25, -0.2) is 0 Å². The first-order valence-electron chi connectivity index (χ1n) is 3.60. The number of hydrogen-bond donors (Lipinski definition) is 2. The Morgan fingerprint density at radius 3 is 2.50 bits per heavy atom. The number of hydrogen-bond acceptors (Lipinski definition) is 2. The van der Waals surface area contributed by atoms with E-state index in [4.69, 9.17) is 5.11 Å². The summed E-state index contributed by atoms with van der Waals surface area (Å²) >= 11 is 0. The van der Waals surface area contributed by atoms with Crippen LogP contribution in [0.2, 0.25) is 0 Å². The molecule has 1 aliphatic rings. The molecule has 3 nitrogen and oxygen atoms in total. The summed E-state index contributed by atoms with van der Waals surface area (Å²) in [5, 5.41) is 11.4. The van der Waals surface area contributed by atoms with E-state index < -0.39 is 5.97 Å². The molecule has 0 amide bonds. The third-order valence-electron chi connectivity index (χ3n) is 2.01. The summed E-state index contributed by atoms with van der Waals surface area (Å²) in [4.78, 5) is 10.3. The predicted molar refractivity (Wildman–Crippen MR) is 37.8 cm³/mol. The lowest BCUT2D eigenvalue weighted by Gasteiger charge is -2.37. The van der Waals surface area contributed by atoms with Gasteiger partial charge in [0, 0.05) is 6.04 Å². The Morgan fingerprint density at radius 1 is 1.70 bits per heavy atom. The first kappa shape index (κ1) is 7.54. The van der Waals surface area contributed by atoms with E-state index in [0.29, 0.717) is 12.0 Å². The predicted octanol–water partition coefficient (Wildman–Crippen LogP) is 0.458. The topological polar surface area (TPSA) is 49.3 Å². The number of aliphatic carboxylic acids is 1. The zero-order chi connectivity index (χ0) is 7.72. The van der Waals surface area contributed by atoms with Crippen molar-refractivity contribution in [3.05, 3.63) is 0 Å². The molecule has 0 aromatic carbocycles. The van der Waals surface area contributed by atoms with Gasteiger partial charge >= 0.3 is 5.97 Å². The number of carboxylic acid groups (broad SMARTS) is 1. The molecule has 2 atom stereocenters. The maximum atomic E-state index is 10.3. The van der Waals surface area contributed by atoms with Gasteiger partial charge in [0.25, 0.3) is 0 Å². The van der Waals surface area contributed by atoms with Crippen LogP contribution >= 0.6 is 0 Å². The molecule has 1 rings (SSSR count). The van der Waals surface area contributed by atoms with E-state index in [1.165, 1.54) is 0 Å². The SMILES string of the molecule is CC(C)C1CC(C(=O)O)N1. The van der Waals surface area contributed by atoms with E-state index >= 15 is 0 Å². The van der Waals surface area contributed by atoms with Crippen LogP contribution in [-0.4, -0.2) is 23.2 Å². The molecule has 0 aliphatic carbocycles. The van der Waals surface area contributed by atoms with Gasteiger partial charge in [-0.2, -0.15) is 0 Å². The van der Waals surface area contributed by atoms with Crippen molar-refractivity contribution in [2.24, 2.45) is 5.92 Å². The van der Waals surface area contributed by atoms with Crippen LogP contribution in [0.3, 0.4) is 0 Å². The van der Waals surface area contributed by atoms with Crippen molar-refractivity contribution in [2.45, 2.75) is 32.4 Å². The Balaban J connectivity index is 2.24. The van der Waals surface area contributed by atoms with Gasteiger partial charge in [-0.1, -0.05) is 13.8 Å². The minimum absolute atomic E-state index is 0.285. The van der Waals surface area contributed by atoms with E-state index in [0.717, 1.165) is 6.42 Å². The molecule has 0 bridgehead atoms. The highest BCUT2D eigenvalue weighted by Crippen LogP contribution is 2.18. The summed E-state index contributed by atoms with van der Waals surface area (Å²) in [5.74, 6) is -0.174. The van der Waals surface area contributed by atoms with Crippen LogP contribution < -0.4 is 5.32 Å². The molecule has 1 aliphatic heterocycles. The molecule has 0 aromatic rings. The van der Waals surface area contributed by atoms with Crippen molar-refractivity contribution in [1.82, 2.24) is 5.32 Å². The quantitative estimate of drug-likeness (QED) is 0.590. The molecule has 2 N–H and O–H groups in total. The monoisotopic (exact) mass is 143 g/mol. The van der Waals surface area contributed by atoms with Crippen LogP contribution in [0, 0.1) is 5.92 Å². The number of nitrogens with one attached hydrogen (secondary N) is 1. The van der Waals surface area contributed by atoms with Gasteiger partial charge in [0.05, 0.1) is 0 Å². The Bertz CT molecular complexity index is 139. The summed E-state index contributed by atoms with van der Waals surface area (Å²) < 4.78 is 0. The maximum Gasteiger partial charge on any atom is 0.320 e. The van der Waals surface area contributed by atoms with E-state index in [1.54, 1.807) is 0 Å². The molecular formula is C7H13NO2. The summed E-state index contributed by atoms with van der Waals surface area (Å²) in [6.07, 6.45) is 0.785. The second-order valence-corrected chi connectivity index (χ2v) is 3.14. The van der Waals surface area contributed by atoms with E-state index in [-0.39, 0.29) is 6.04 Å². The fourth-order valence-electron chi connectivity index (χ4n) is 1.12. The van der Waals surface area contributed by atoms with Crippen molar-refractivity contribution in [3.63, 3.8) is 0 Å². The highest BCUT2D eigenvalue weighted by atomic mass is 16.4. The maximum absolute atomic E-state index is 10.3. The first-order valence-corrected chi connectivity index (χ1v) is 3.60. The van der Waals surface area contributed by atoms with Crippen LogP contribution in [0.25, 0.3) is 0 Å². The first-order chi connectivity index (χ1) is 4.61. The molecular weight excluding hydrogens is 130 g/mol. The molecule has 0 saturated carbocycles.